The van der Waals surface area contributed by atoms with Crippen LogP contribution in [0.5, 0.6) is 0 Å². The van der Waals surface area contributed by atoms with E-state index < -0.39 is 0 Å². The summed E-state index contributed by atoms with van der Waals surface area (Å²) in [6, 6.07) is 0.709. The van der Waals surface area contributed by atoms with Crippen molar-refractivity contribution in [1.82, 2.24) is 4.90 Å². The average molecular weight is 365 g/mol. The van der Waals surface area contributed by atoms with Gasteiger partial charge in [0.2, 0.25) is 0 Å². The van der Waals surface area contributed by atoms with Crippen molar-refractivity contribution in [3.8, 4) is 0 Å². The van der Waals surface area contributed by atoms with Crippen LogP contribution < -0.4 is 0 Å². The third kappa shape index (κ3) is 3.39. The molecule has 0 radical (unpaired) electrons. The zero-order chi connectivity index (χ0) is 6.69. The molecule has 2 nitrogen and oxygen atoms in total. The second-order valence-electron chi connectivity index (χ2n) is 2.80. The molecule has 0 N–H and O–H groups in total. The van der Waals surface area contributed by atoms with Crippen LogP contribution in [0.1, 0.15) is 13.8 Å². The van der Waals surface area contributed by atoms with Gasteiger partial charge in [-0.05, 0) is 26.9 Å². The Kier molecular flexibility index (Phi) is 6.14. The third-order valence-electron chi connectivity index (χ3n) is 1.82. The van der Waals surface area contributed by atoms with Gasteiger partial charge in [0.1, 0.15) is 0 Å². The number of hydrogen-bond acceptors (Lipinski definition) is 1. The van der Waals surface area contributed by atoms with Gasteiger partial charge in [-0.3, -0.25) is 0 Å². The van der Waals surface area contributed by atoms with E-state index in [0.717, 1.165) is 26.2 Å². The minimum absolute atomic E-state index is 0. The summed E-state index contributed by atoms with van der Waals surface area (Å²) in [5.74, 6) is 0. The second kappa shape index (κ2) is 5.60. The molecule has 1 heterocycles. The van der Waals surface area contributed by atoms with Gasteiger partial charge < -0.3 is 10.2 Å². The molecule has 1 fully saturated rings. The monoisotopic (exact) mass is 365 g/mol. The molecule has 1 aliphatic heterocycles. The number of rotatable bonds is 1. The van der Waals surface area contributed by atoms with Crippen LogP contribution in [0.15, 0.2) is 0 Å². The number of nitrogens with zero attached hydrogens (tertiary/aromatic N) is 2. The molecular weight excluding hydrogens is 350 g/mol. The van der Waals surface area contributed by atoms with E-state index in [4.69, 9.17) is 0 Å². The van der Waals surface area contributed by atoms with Crippen LogP contribution >= 0.6 is 0 Å². The topological polar surface area (TPSA) is 17.3 Å². The standard InChI is InChI=1S/C7H15N2.U/c1-7(2)9-5-3-8-4-6-9;/h7H,3-6H2,1-2H3;/q-1;. The Labute approximate surface area is 87.1 Å². The largest absolute Gasteiger partial charge is 0.660 e. The van der Waals surface area contributed by atoms with Gasteiger partial charge in [-0.2, -0.15) is 0 Å². The molecule has 58 valence electrons. The SMILES string of the molecule is CC(C)N1CC[N-]CC1.[U]. The summed E-state index contributed by atoms with van der Waals surface area (Å²) in [5, 5.41) is 4.27. The molecule has 0 aliphatic carbocycles. The van der Waals surface area contributed by atoms with Crippen molar-refractivity contribution in [2.45, 2.75) is 19.9 Å². The fourth-order valence-corrected chi connectivity index (χ4v) is 1.14. The molecule has 0 spiro atoms. The first kappa shape index (κ1) is 11.0. The molecule has 0 atom stereocenters. The van der Waals surface area contributed by atoms with Crippen molar-refractivity contribution in [1.29, 1.82) is 0 Å². The molecule has 1 saturated heterocycles. The smallest absolute Gasteiger partial charge is 0.00371 e. The van der Waals surface area contributed by atoms with Gasteiger partial charge in [0.15, 0.2) is 0 Å². The third-order valence-corrected chi connectivity index (χ3v) is 1.82. The van der Waals surface area contributed by atoms with E-state index in [1.54, 1.807) is 0 Å². The summed E-state index contributed by atoms with van der Waals surface area (Å²) in [6.07, 6.45) is 0. The Bertz CT molecular complexity index is 79.7. The van der Waals surface area contributed by atoms with Crippen molar-refractivity contribution in [2.24, 2.45) is 0 Å². The van der Waals surface area contributed by atoms with Crippen molar-refractivity contribution < 1.29 is 31.1 Å². The molecule has 1 aliphatic rings. The summed E-state index contributed by atoms with van der Waals surface area (Å²) < 4.78 is 0. The molecule has 0 amide bonds. The molecule has 0 saturated carbocycles. The fourth-order valence-electron chi connectivity index (χ4n) is 1.14. The maximum Gasteiger partial charge on any atom is 0.00371 e. The predicted octanol–water partition coefficient (Wildman–Crippen LogP) is 1.08. The first-order chi connectivity index (χ1) is 4.30. The fraction of sp³-hybridized carbons (Fsp3) is 1.00. The first-order valence-electron chi connectivity index (χ1n) is 3.68. The van der Waals surface area contributed by atoms with E-state index in [1.165, 1.54) is 0 Å². The predicted molar refractivity (Wildman–Crippen MR) is 39.8 cm³/mol. The molecule has 0 bridgehead atoms. The van der Waals surface area contributed by atoms with E-state index in [9.17, 15) is 0 Å². The maximum atomic E-state index is 4.27. The van der Waals surface area contributed by atoms with Crippen molar-refractivity contribution in [3.63, 3.8) is 0 Å². The Morgan fingerprint density at radius 2 is 1.70 bits per heavy atom. The molecule has 10 heavy (non-hydrogen) atoms. The minimum atomic E-state index is 0. The molecule has 0 unspecified atom stereocenters. The second-order valence-corrected chi connectivity index (χ2v) is 2.80. The molecule has 3 heteroatoms. The summed E-state index contributed by atoms with van der Waals surface area (Å²) in [5.41, 5.74) is 0. The van der Waals surface area contributed by atoms with Crippen LogP contribution in [0, 0.1) is 31.1 Å². The van der Waals surface area contributed by atoms with Gasteiger partial charge in [-0.1, -0.05) is 0 Å². The first-order valence-corrected chi connectivity index (χ1v) is 3.68. The molecule has 1 rings (SSSR count). The van der Waals surface area contributed by atoms with E-state index in [-0.39, 0.29) is 31.1 Å². The molecule has 0 aromatic carbocycles. The average Bonchev–Trinajstić information content (AvgIpc) is 1.90. The zero-order valence-electron chi connectivity index (χ0n) is 6.80. The minimum Gasteiger partial charge on any atom is -0.660 e. The molecule has 0 aromatic heterocycles. The van der Waals surface area contributed by atoms with Crippen LogP contribution in [0.3, 0.4) is 0 Å². The van der Waals surface area contributed by atoms with Gasteiger partial charge in [-0.15, -0.1) is 13.1 Å². The Balaban J connectivity index is 0.000000810. The van der Waals surface area contributed by atoms with Crippen molar-refractivity contribution in [3.05, 3.63) is 5.32 Å². The van der Waals surface area contributed by atoms with Gasteiger partial charge in [0.05, 0.1) is 0 Å². The van der Waals surface area contributed by atoms with Gasteiger partial charge in [0, 0.05) is 37.2 Å². The van der Waals surface area contributed by atoms with Crippen LogP contribution in [0.2, 0.25) is 0 Å². The Morgan fingerprint density at radius 3 is 2.00 bits per heavy atom. The number of piperazine rings is 1. The van der Waals surface area contributed by atoms with Crippen LogP contribution in [-0.2, 0) is 0 Å². The van der Waals surface area contributed by atoms with E-state index in [2.05, 4.69) is 24.1 Å². The summed E-state index contributed by atoms with van der Waals surface area (Å²) in [6.45, 7) is 8.89. The normalized spacial score (nSPS) is 20.7. The van der Waals surface area contributed by atoms with Crippen molar-refractivity contribution in [2.75, 3.05) is 26.2 Å². The van der Waals surface area contributed by atoms with Crippen LogP contribution in [0.25, 0.3) is 5.32 Å². The van der Waals surface area contributed by atoms with E-state index >= 15 is 0 Å². The van der Waals surface area contributed by atoms with Gasteiger partial charge >= 0.3 is 0 Å². The van der Waals surface area contributed by atoms with Gasteiger partial charge in [0.25, 0.3) is 0 Å². The Morgan fingerprint density at radius 1 is 1.20 bits per heavy atom. The quantitative estimate of drug-likeness (QED) is 0.680. The Hall–Kier alpha value is 0.972. The van der Waals surface area contributed by atoms with E-state index in [0.29, 0.717) is 6.04 Å². The molecule has 0 aromatic rings. The van der Waals surface area contributed by atoms with Crippen molar-refractivity contribution >= 4 is 0 Å². The van der Waals surface area contributed by atoms with Crippen LogP contribution in [-0.4, -0.2) is 37.1 Å². The summed E-state index contributed by atoms with van der Waals surface area (Å²) in [7, 11) is 0. The van der Waals surface area contributed by atoms with E-state index in [1.807, 2.05) is 0 Å². The number of hydrogen-bond donors (Lipinski definition) is 0. The van der Waals surface area contributed by atoms with Gasteiger partial charge in [-0.25, -0.2) is 0 Å². The molecular formula is C7H15N2U-. The van der Waals surface area contributed by atoms with Crippen LogP contribution in [0.4, 0.5) is 0 Å². The summed E-state index contributed by atoms with van der Waals surface area (Å²) >= 11 is 0. The maximum absolute atomic E-state index is 4.27. The zero-order valence-corrected chi connectivity index (χ0v) is 11.0. The summed E-state index contributed by atoms with van der Waals surface area (Å²) in [4.78, 5) is 2.47.